The molecule has 5 heteroatoms. The van der Waals surface area contributed by atoms with Crippen LogP contribution in [0.2, 0.25) is 0 Å². The zero-order valence-electron chi connectivity index (χ0n) is 7.86. The molecule has 0 N–H and O–H groups in total. The molecule has 0 bridgehead atoms. The lowest BCUT2D eigenvalue weighted by atomic mass is 10.1. The Kier molecular flexibility index (Phi) is 3.46. The largest absolute Gasteiger partial charge is 0.496 e. The second-order valence-electron chi connectivity index (χ2n) is 2.85. The van der Waals surface area contributed by atoms with Gasteiger partial charge in [0, 0.05) is 16.3 Å². The van der Waals surface area contributed by atoms with Crippen LogP contribution in [0.1, 0.15) is 18.5 Å². The van der Waals surface area contributed by atoms with E-state index in [1.54, 1.807) is 18.2 Å². The smallest absolute Gasteiger partial charge is 0.238 e. The molecule has 1 aromatic carbocycles. The number of halogens is 1. The van der Waals surface area contributed by atoms with Crippen molar-refractivity contribution in [2.45, 2.75) is 13.0 Å². The standard InChI is InChI=1S/C9H10BrNO3/c1-6(11(12)13)8-5-7(10)3-4-9(8)14-2/h3-6H,1-2H3. The van der Waals surface area contributed by atoms with E-state index < -0.39 is 6.04 Å². The van der Waals surface area contributed by atoms with Crippen LogP contribution >= 0.6 is 15.9 Å². The highest BCUT2D eigenvalue weighted by molar-refractivity contribution is 9.10. The lowest BCUT2D eigenvalue weighted by molar-refractivity contribution is -0.524. The van der Waals surface area contributed by atoms with Gasteiger partial charge in [0.25, 0.3) is 0 Å². The number of nitrogens with zero attached hydrogens (tertiary/aromatic N) is 1. The van der Waals surface area contributed by atoms with Crippen LogP contribution in [0.5, 0.6) is 5.75 Å². The van der Waals surface area contributed by atoms with Crippen LogP contribution in [0.25, 0.3) is 0 Å². The van der Waals surface area contributed by atoms with Gasteiger partial charge in [-0.1, -0.05) is 15.9 Å². The van der Waals surface area contributed by atoms with Crippen LogP contribution < -0.4 is 4.74 Å². The molecule has 1 unspecified atom stereocenters. The first-order valence-corrected chi connectivity index (χ1v) is 4.82. The van der Waals surface area contributed by atoms with Gasteiger partial charge in [-0.2, -0.15) is 0 Å². The summed E-state index contributed by atoms with van der Waals surface area (Å²) in [5.41, 5.74) is 0.576. The molecule has 0 aliphatic rings. The fourth-order valence-electron chi connectivity index (χ4n) is 1.15. The second-order valence-corrected chi connectivity index (χ2v) is 3.76. The predicted molar refractivity (Wildman–Crippen MR) is 56.1 cm³/mol. The fourth-order valence-corrected chi connectivity index (χ4v) is 1.52. The van der Waals surface area contributed by atoms with Crippen LogP contribution in [0.3, 0.4) is 0 Å². The Balaban J connectivity index is 3.16. The summed E-state index contributed by atoms with van der Waals surface area (Å²) in [6.45, 7) is 1.53. The molecule has 1 rings (SSSR count). The van der Waals surface area contributed by atoms with Crippen molar-refractivity contribution in [3.05, 3.63) is 38.3 Å². The zero-order valence-corrected chi connectivity index (χ0v) is 9.45. The molecule has 0 amide bonds. The third-order valence-corrected chi connectivity index (χ3v) is 2.45. The van der Waals surface area contributed by atoms with E-state index in [0.29, 0.717) is 11.3 Å². The summed E-state index contributed by atoms with van der Waals surface area (Å²) in [5, 5.41) is 10.6. The summed E-state index contributed by atoms with van der Waals surface area (Å²) in [5.74, 6) is 0.539. The van der Waals surface area contributed by atoms with Crippen LogP contribution in [0.4, 0.5) is 0 Å². The molecule has 1 aromatic rings. The summed E-state index contributed by atoms with van der Waals surface area (Å²) in [7, 11) is 1.50. The highest BCUT2D eigenvalue weighted by Crippen LogP contribution is 2.29. The van der Waals surface area contributed by atoms with E-state index in [1.165, 1.54) is 14.0 Å². The van der Waals surface area contributed by atoms with Crippen molar-refractivity contribution < 1.29 is 9.66 Å². The van der Waals surface area contributed by atoms with Crippen molar-refractivity contribution in [1.29, 1.82) is 0 Å². The number of nitro groups is 1. The van der Waals surface area contributed by atoms with Crippen LogP contribution in [0, 0.1) is 10.1 Å². The molecule has 0 aliphatic carbocycles. The highest BCUT2D eigenvalue weighted by atomic mass is 79.9. The first kappa shape index (κ1) is 11.0. The summed E-state index contributed by atoms with van der Waals surface area (Å²) < 4.78 is 5.85. The lowest BCUT2D eigenvalue weighted by Gasteiger charge is -2.09. The molecule has 4 nitrogen and oxygen atoms in total. The average Bonchev–Trinajstić information content (AvgIpc) is 2.16. The van der Waals surface area contributed by atoms with Crippen LogP contribution in [-0.2, 0) is 0 Å². The van der Waals surface area contributed by atoms with Gasteiger partial charge in [-0.25, -0.2) is 0 Å². The third kappa shape index (κ3) is 2.23. The monoisotopic (exact) mass is 259 g/mol. The van der Waals surface area contributed by atoms with Gasteiger partial charge in [-0.15, -0.1) is 0 Å². The van der Waals surface area contributed by atoms with E-state index in [4.69, 9.17) is 4.74 Å². The summed E-state index contributed by atoms with van der Waals surface area (Å²) in [4.78, 5) is 10.3. The van der Waals surface area contributed by atoms with E-state index >= 15 is 0 Å². The predicted octanol–water partition coefficient (Wildman–Crippen LogP) is 2.80. The lowest BCUT2D eigenvalue weighted by Crippen LogP contribution is -2.07. The van der Waals surface area contributed by atoms with Crippen LogP contribution in [-0.4, -0.2) is 12.0 Å². The van der Waals surface area contributed by atoms with Crippen molar-refractivity contribution >= 4 is 15.9 Å². The fraction of sp³-hybridized carbons (Fsp3) is 0.333. The van der Waals surface area contributed by atoms with Crippen molar-refractivity contribution in [2.24, 2.45) is 0 Å². The third-order valence-electron chi connectivity index (χ3n) is 1.96. The molecule has 0 fully saturated rings. The van der Waals surface area contributed by atoms with E-state index in [0.717, 1.165) is 4.47 Å². The van der Waals surface area contributed by atoms with Gasteiger partial charge >= 0.3 is 0 Å². The average molecular weight is 260 g/mol. The molecule has 0 saturated carbocycles. The summed E-state index contributed by atoms with van der Waals surface area (Å²) in [6.07, 6.45) is 0. The molecule has 0 saturated heterocycles. The van der Waals surface area contributed by atoms with Crippen molar-refractivity contribution in [3.8, 4) is 5.75 Å². The maximum absolute atomic E-state index is 10.6. The molecular weight excluding hydrogens is 250 g/mol. The molecule has 0 heterocycles. The van der Waals surface area contributed by atoms with E-state index in [9.17, 15) is 10.1 Å². The topological polar surface area (TPSA) is 52.4 Å². The van der Waals surface area contributed by atoms with Crippen molar-refractivity contribution in [3.63, 3.8) is 0 Å². The minimum Gasteiger partial charge on any atom is -0.496 e. The Hall–Kier alpha value is -1.10. The minimum absolute atomic E-state index is 0.343. The Labute approximate surface area is 90.2 Å². The zero-order chi connectivity index (χ0) is 10.7. The number of rotatable bonds is 3. The first-order chi connectivity index (χ1) is 6.56. The molecule has 1 atom stereocenters. The van der Waals surface area contributed by atoms with Crippen LogP contribution in [0.15, 0.2) is 22.7 Å². The van der Waals surface area contributed by atoms with E-state index in [1.807, 2.05) is 0 Å². The summed E-state index contributed by atoms with van der Waals surface area (Å²) in [6, 6.07) is 4.43. The molecular formula is C9H10BrNO3. The van der Waals surface area contributed by atoms with Gasteiger partial charge in [0.05, 0.1) is 12.7 Å². The molecule has 0 aliphatic heterocycles. The Morgan fingerprint density at radius 3 is 2.71 bits per heavy atom. The Morgan fingerprint density at radius 1 is 1.57 bits per heavy atom. The Morgan fingerprint density at radius 2 is 2.21 bits per heavy atom. The van der Waals surface area contributed by atoms with Crippen molar-refractivity contribution in [2.75, 3.05) is 7.11 Å². The minimum atomic E-state index is -0.762. The quantitative estimate of drug-likeness (QED) is 0.620. The Bertz CT molecular complexity index is 354. The maximum Gasteiger partial charge on any atom is 0.238 e. The van der Waals surface area contributed by atoms with Crippen molar-refractivity contribution in [1.82, 2.24) is 0 Å². The van der Waals surface area contributed by atoms with Gasteiger partial charge in [-0.3, -0.25) is 10.1 Å². The molecule has 0 aromatic heterocycles. The number of hydrogen-bond acceptors (Lipinski definition) is 3. The number of methoxy groups -OCH3 is 1. The highest BCUT2D eigenvalue weighted by Gasteiger charge is 2.20. The van der Waals surface area contributed by atoms with Gasteiger partial charge in [-0.05, 0) is 18.2 Å². The normalized spacial score (nSPS) is 12.2. The summed E-state index contributed by atoms with van der Waals surface area (Å²) >= 11 is 3.26. The molecule has 0 radical (unpaired) electrons. The van der Waals surface area contributed by atoms with E-state index in [-0.39, 0.29) is 4.92 Å². The second kappa shape index (κ2) is 4.41. The van der Waals surface area contributed by atoms with Gasteiger partial charge in [0.1, 0.15) is 5.75 Å². The first-order valence-electron chi connectivity index (χ1n) is 4.03. The SMILES string of the molecule is COc1ccc(Br)cc1C(C)[N+](=O)[O-]. The van der Waals surface area contributed by atoms with Gasteiger partial charge in [0.2, 0.25) is 6.04 Å². The van der Waals surface area contributed by atoms with Gasteiger partial charge < -0.3 is 4.74 Å². The molecule has 76 valence electrons. The number of ether oxygens (including phenoxy) is 1. The number of benzene rings is 1. The number of hydrogen-bond donors (Lipinski definition) is 0. The molecule has 0 spiro atoms. The maximum atomic E-state index is 10.6. The van der Waals surface area contributed by atoms with Gasteiger partial charge in [0.15, 0.2) is 0 Å². The van der Waals surface area contributed by atoms with E-state index in [2.05, 4.69) is 15.9 Å². The molecule has 14 heavy (non-hydrogen) atoms.